The molecule has 1 fully saturated rings. The van der Waals surface area contributed by atoms with E-state index in [4.69, 9.17) is 14.6 Å². The van der Waals surface area contributed by atoms with Crippen LogP contribution in [0.25, 0.3) is 0 Å². The second-order valence-electron chi connectivity index (χ2n) is 4.13. The minimum atomic E-state index is -0.898. The van der Waals surface area contributed by atoms with E-state index in [-0.39, 0.29) is 12.2 Å². The van der Waals surface area contributed by atoms with E-state index in [0.717, 1.165) is 5.56 Å². The van der Waals surface area contributed by atoms with Crippen LogP contribution < -0.4 is 0 Å². The van der Waals surface area contributed by atoms with Gasteiger partial charge in [0.05, 0.1) is 0 Å². The van der Waals surface area contributed by atoms with Gasteiger partial charge >= 0.3 is 11.9 Å². The maximum absolute atomic E-state index is 11.6. The van der Waals surface area contributed by atoms with Crippen LogP contribution in [0.15, 0.2) is 24.3 Å². The van der Waals surface area contributed by atoms with Gasteiger partial charge in [-0.05, 0) is 24.1 Å². The number of phenolic OH excluding ortho intramolecular Hbond substituents is 1. The monoisotopic (exact) mass is 250 g/mol. The largest absolute Gasteiger partial charge is 0.508 e. The number of esters is 2. The van der Waals surface area contributed by atoms with E-state index in [1.807, 2.05) is 0 Å². The van der Waals surface area contributed by atoms with Crippen molar-refractivity contribution >= 4 is 11.9 Å². The Morgan fingerprint density at radius 3 is 2.22 bits per heavy atom. The van der Waals surface area contributed by atoms with Crippen molar-refractivity contribution in [2.45, 2.75) is 32.0 Å². The SMILES string of the molecule is CCC1OC(=O)[C@H](Cc2ccc(O)cc2)OC1=O. The number of benzene rings is 1. The fraction of sp³-hybridized carbons (Fsp3) is 0.385. The first kappa shape index (κ1) is 12.4. The standard InChI is InChI=1S/C13H14O5/c1-2-10-12(15)18-11(13(16)17-10)7-8-3-5-9(14)6-4-8/h3-6,10-11,14H,2,7H2,1H3/t10?,11-/m0/s1. The molecule has 1 aliphatic heterocycles. The van der Waals surface area contributed by atoms with Gasteiger partial charge in [-0.3, -0.25) is 0 Å². The third-order valence-electron chi connectivity index (χ3n) is 2.77. The van der Waals surface area contributed by atoms with Crippen LogP contribution in [0.2, 0.25) is 0 Å². The number of carbonyl (C=O) groups is 2. The molecule has 0 aliphatic carbocycles. The molecule has 0 bridgehead atoms. The number of hydrogen-bond donors (Lipinski definition) is 1. The summed E-state index contributed by atoms with van der Waals surface area (Å²) in [5, 5.41) is 9.15. The summed E-state index contributed by atoms with van der Waals surface area (Å²) in [6.45, 7) is 1.75. The zero-order chi connectivity index (χ0) is 13.1. The van der Waals surface area contributed by atoms with Gasteiger partial charge in [0.2, 0.25) is 6.10 Å². The molecule has 0 spiro atoms. The predicted molar refractivity (Wildman–Crippen MR) is 61.9 cm³/mol. The van der Waals surface area contributed by atoms with E-state index in [2.05, 4.69) is 0 Å². The van der Waals surface area contributed by atoms with E-state index in [1.165, 1.54) is 12.1 Å². The molecule has 1 heterocycles. The van der Waals surface area contributed by atoms with Crippen LogP contribution in [-0.2, 0) is 25.5 Å². The highest BCUT2D eigenvalue weighted by molar-refractivity contribution is 5.87. The zero-order valence-corrected chi connectivity index (χ0v) is 9.96. The number of aromatic hydroxyl groups is 1. The molecule has 2 rings (SSSR count). The normalized spacial score (nSPS) is 23.4. The second kappa shape index (κ2) is 5.08. The Labute approximate surface area is 104 Å². The number of ether oxygens (including phenoxy) is 2. The highest BCUT2D eigenvalue weighted by atomic mass is 16.6. The van der Waals surface area contributed by atoms with Crippen molar-refractivity contribution in [3.05, 3.63) is 29.8 Å². The first-order valence-electron chi connectivity index (χ1n) is 5.79. The van der Waals surface area contributed by atoms with Crippen molar-refractivity contribution in [1.82, 2.24) is 0 Å². The zero-order valence-electron chi connectivity index (χ0n) is 9.96. The lowest BCUT2D eigenvalue weighted by Gasteiger charge is -2.26. The fourth-order valence-electron chi connectivity index (χ4n) is 1.75. The summed E-state index contributed by atoms with van der Waals surface area (Å²) in [7, 11) is 0. The molecule has 0 aromatic heterocycles. The molecular weight excluding hydrogens is 236 g/mol. The van der Waals surface area contributed by atoms with Crippen LogP contribution in [0, 0.1) is 0 Å². The molecule has 1 aliphatic rings. The Morgan fingerprint density at radius 2 is 1.61 bits per heavy atom. The van der Waals surface area contributed by atoms with Crippen LogP contribution in [0.4, 0.5) is 0 Å². The Balaban J connectivity index is 2.04. The Morgan fingerprint density at radius 1 is 1.06 bits per heavy atom. The van der Waals surface area contributed by atoms with E-state index >= 15 is 0 Å². The molecular formula is C13H14O5. The topological polar surface area (TPSA) is 72.8 Å². The van der Waals surface area contributed by atoms with Crippen LogP contribution in [0.3, 0.4) is 0 Å². The molecule has 1 unspecified atom stereocenters. The van der Waals surface area contributed by atoms with Crippen molar-refractivity contribution in [3.8, 4) is 5.75 Å². The van der Waals surface area contributed by atoms with E-state index in [9.17, 15) is 9.59 Å². The summed E-state index contributed by atoms with van der Waals surface area (Å²) < 4.78 is 10.1. The summed E-state index contributed by atoms with van der Waals surface area (Å²) in [6.07, 6.45) is -1.02. The molecule has 1 aromatic rings. The van der Waals surface area contributed by atoms with Crippen LogP contribution in [-0.4, -0.2) is 29.3 Å². The number of cyclic esters (lactones) is 2. The van der Waals surface area contributed by atoms with E-state index in [0.29, 0.717) is 6.42 Å². The summed E-state index contributed by atoms with van der Waals surface area (Å²) >= 11 is 0. The Hall–Kier alpha value is -2.04. The molecule has 5 nitrogen and oxygen atoms in total. The number of hydrogen-bond acceptors (Lipinski definition) is 5. The lowest BCUT2D eigenvalue weighted by atomic mass is 10.1. The quantitative estimate of drug-likeness (QED) is 0.815. The van der Waals surface area contributed by atoms with Gasteiger partial charge in [0.15, 0.2) is 6.10 Å². The van der Waals surface area contributed by atoms with Crippen LogP contribution in [0.5, 0.6) is 5.75 Å². The number of phenols is 1. The molecule has 1 saturated heterocycles. The van der Waals surface area contributed by atoms with Gasteiger partial charge in [-0.25, -0.2) is 9.59 Å². The molecule has 96 valence electrons. The fourth-order valence-corrected chi connectivity index (χ4v) is 1.75. The van der Waals surface area contributed by atoms with E-state index in [1.54, 1.807) is 19.1 Å². The van der Waals surface area contributed by atoms with Gasteiger partial charge in [0.25, 0.3) is 0 Å². The lowest BCUT2D eigenvalue weighted by molar-refractivity contribution is -0.194. The van der Waals surface area contributed by atoms with Gasteiger partial charge in [-0.1, -0.05) is 19.1 Å². The summed E-state index contributed by atoms with van der Waals surface area (Å²) in [4.78, 5) is 23.1. The summed E-state index contributed by atoms with van der Waals surface area (Å²) in [5.41, 5.74) is 0.789. The lowest BCUT2D eigenvalue weighted by Crippen LogP contribution is -2.44. The van der Waals surface area contributed by atoms with Crippen molar-refractivity contribution in [3.63, 3.8) is 0 Å². The molecule has 0 radical (unpaired) electrons. The van der Waals surface area contributed by atoms with Gasteiger partial charge in [-0.15, -0.1) is 0 Å². The average molecular weight is 250 g/mol. The second-order valence-corrected chi connectivity index (χ2v) is 4.13. The average Bonchev–Trinajstić information content (AvgIpc) is 2.36. The first-order chi connectivity index (χ1) is 8.60. The maximum atomic E-state index is 11.6. The van der Waals surface area contributed by atoms with E-state index < -0.39 is 24.1 Å². The van der Waals surface area contributed by atoms with Crippen LogP contribution in [0.1, 0.15) is 18.9 Å². The van der Waals surface area contributed by atoms with Crippen molar-refractivity contribution in [2.24, 2.45) is 0 Å². The summed E-state index contributed by atoms with van der Waals surface area (Å²) in [6, 6.07) is 6.37. The molecule has 18 heavy (non-hydrogen) atoms. The highest BCUT2D eigenvalue weighted by Gasteiger charge is 2.37. The molecule has 2 atom stereocenters. The van der Waals surface area contributed by atoms with Crippen molar-refractivity contribution < 1.29 is 24.2 Å². The Bertz CT molecular complexity index is 451. The smallest absolute Gasteiger partial charge is 0.348 e. The first-order valence-corrected chi connectivity index (χ1v) is 5.79. The summed E-state index contributed by atoms with van der Waals surface area (Å²) in [5.74, 6) is -0.872. The molecule has 0 amide bonds. The molecule has 0 saturated carbocycles. The number of carbonyl (C=O) groups excluding carboxylic acids is 2. The minimum Gasteiger partial charge on any atom is -0.508 e. The number of rotatable bonds is 3. The van der Waals surface area contributed by atoms with Crippen molar-refractivity contribution in [1.29, 1.82) is 0 Å². The maximum Gasteiger partial charge on any atom is 0.348 e. The van der Waals surface area contributed by atoms with Crippen LogP contribution >= 0.6 is 0 Å². The Kier molecular flexibility index (Phi) is 3.50. The third kappa shape index (κ3) is 2.61. The van der Waals surface area contributed by atoms with Gasteiger partial charge < -0.3 is 14.6 Å². The minimum absolute atomic E-state index is 0.146. The molecule has 1 N–H and O–H groups in total. The van der Waals surface area contributed by atoms with Gasteiger partial charge in [0, 0.05) is 6.42 Å². The highest BCUT2D eigenvalue weighted by Crippen LogP contribution is 2.18. The third-order valence-corrected chi connectivity index (χ3v) is 2.77. The van der Waals surface area contributed by atoms with Crippen molar-refractivity contribution in [2.75, 3.05) is 0 Å². The molecule has 5 heteroatoms. The van der Waals surface area contributed by atoms with Gasteiger partial charge in [-0.2, -0.15) is 0 Å². The van der Waals surface area contributed by atoms with Gasteiger partial charge in [0.1, 0.15) is 5.75 Å². The predicted octanol–water partition coefficient (Wildman–Crippen LogP) is 1.18. The molecule has 1 aromatic carbocycles.